The molecule has 4 rings (SSSR count). The molecule has 2 aliphatic heterocycles. The summed E-state index contributed by atoms with van der Waals surface area (Å²) in [6.07, 6.45) is 2.30. The van der Waals surface area contributed by atoms with Crippen LogP contribution in [0.4, 0.5) is 16.2 Å². The molecule has 0 saturated carbocycles. The number of urea groups is 1. The zero-order valence-corrected chi connectivity index (χ0v) is 19.4. The maximum atomic E-state index is 12.7. The van der Waals surface area contributed by atoms with Gasteiger partial charge in [0.2, 0.25) is 0 Å². The Morgan fingerprint density at radius 3 is 2.62 bits per heavy atom. The highest BCUT2D eigenvalue weighted by Gasteiger charge is 2.26. The number of hydrogen-bond donors (Lipinski definition) is 2. The second kappa shape index (κ2) is 10.2. The number of benzene rings is 2. The van der Waals surface area contributed by atoms with Gasteiger partial charge in [-0.15, -0.1) is 0 Å². The van der Waals surface area contributed by atoms with Crippen LogP contribution in [0.1, 0.15) is 23.6 Å². The van der Waals surface area contributed by atoms with E-state index in [9.17, 15) is 4.79 Å². The number of amides is 2. The van der Waals surface area contributed by atoms with Crippen LogP contribution in [0.5, 0.6) is 5.75 Å². The number of methoxy groups -OCH3 is 1. The van der Waals surface area contributed by atoms with E-state index in [1.54, 1.807) is 7.11 Å². The van der Waals surface area contributed by atoms with Crippen molar-refractivity contribution < 1.29 is 9.53 Å². The van der Waals surface area contributed by atoms with E-state index in [0.29, 0.717) is 18.0 Å². The quantitative estimate of drug-likeness (QED) is 0.727. The van der Waals surface area contributed by atoms with E-state index in [4.69, 9.17) is 4.74 Å². The summed E-state index contributed by atoms with van der Waals surface area (Å²) in [7, 11) is 5.94. The number of likely N-dealkylation sites (N-methyl/N-ethyl adjacent to an activating group) is 1. The van der Waals surface area contributed by atoms with Crippen molar-refractivity contribution in [2.75, 3.05) is 70.7 Å². The first-order valence-electron chi connectivity index (χ1n) is 11.5. The topological polar surface area (TPSA) is 60.1 Å². The smallest absolute Gasteiger partial charge is 0.319 e. The molecule has 32 heavy (non-hydrogen) atoms. The Kier molecular flexibility index (Phi) is 7.17. The monoisotopic (exact) mass is 437 g/mol. The number of fused-ring (bicyclic) bond motifs is 1. The first kappa shape index (κ1) is 22.4. The minimum Gasteiger partial charge on any atom is -0.495 e. The van der Waals surface area contributed by atoms with Crippen molar-refractivity contribution in [1.82, 2.24) is 15.1 Å². The van der Waals surface area contributed by atoms with Crippen molar-refractivity contribution in [1.29, 1.82) is 0 Å². The third-order valence-electron chi connectivity index (χ3n) is 6.63. The SMILES string of the molecule is COc1ccccc1NC(=O)NC[C@@H](c1ccc2c(c1)CCCN2C)N1CCN(C)CC1. The van der Waals surface area contributed by atoms with Gasteiger partial charge < -0.3 is 25.2 Å². The third-order valence-corrected chi connectivity index (χ3v) is 6.63. The minimum atomic E-state index is -0.216. The van der Waals surface area contributed by atoms with Gasteiger partial charge in [0.1, 0.15) is 5.75 Å². The summed E-state index contributed by atoms with van der Waals surface area (Å²) in [6.45, 7) is 5.73. The minimum absolute atomic E-state index is 0.143. The number of nitrogens with zero attached hydrogens (tertiary/aromatic N) is 3. The van der Waals surface area contributed by atoms with Crippen LogP contribution in [0.3, 0.4) is 0 Å². The lowest BCUT2D eigenvalue weighted by Crippen LogP contribution is -2.48. The Hall–Kier alpha value is -2.77. The second-order valence-corrected chi connectivity index (χ2v) is 8.80. The molecule has 0 aromatic heterocycles. The van der Waals surface area contributed by atoms with Crippen molar-refractivity contribution in [2.45, 2.75) is 18.9 Å². The number of ether oxygens (including phenoxy) is 1. The molecular weight excluding hydrogens is 402 g/mol. The van der Waals surface area contributed by atoms with Gasteiger partial charge in [-0.25, -0.2) is 4.79 Å². The number of anilines is 2. The van der Waals surface area contributed by atoms with Gasteiger partial charge in [-0.2, -0.15) is 0 Å². The van der Waals surface area contributed by atoms with Gasteiger partial charge >= 0.3 is 6.03 Å². The van der Waals surface area contributed by atoms with Gasteiger partial charge in [0.15, 0.2) is 0 Å². The van der Waals surface area contributed by atoms with Crippen LogP contribution in [-0.4, -0.2) is 76.3 Å². The summed E-state index contributed by atoms with van der Waals surface area (Å²) in [5, 5.41) is 6.03. The van der Waals surface area contributed by atoms with E-state index in [1.165, 1.54) is 23.2 Å². The lowest BCUT2D eigenvalue weighted by atomic mass is 9.95. The Morgan fingerprint density at radius 1 is 1.06 bits per heavy atom. The molecule has 1 fully saturated rings. The first-order chi connectivity index (χ1) is 15.5. The van der Waals surface area contributed by atoms with E-state index in [0.717, 1.165) is 39.1 Å². The third kappa shape index (κ3) is 5.16. The van der Waals surface area contributed by atoms with Crippen LogP contribution in [0.15, 0.2) is 42.5 Å². The lowest BCUT2D eigenvalue weighted by molar-refractivity contribution is 0.111. The number of piperazine rings is 1. The molecule has 1 atom stereocenters. The zero-order chi connectivity index (χ0) is 22.5. The Morgan fingerprint density at radius 2 is 1.84 bits per heavy atom. The Labute approximate surface area is 191 Å². The molecule has 2 aromatic carbocycles. The molecule has 0 radical (unpaired) electrons. The summed E-state index contributed by atoms with van der Waals surface area (Å²) in [4.78, 5) is 19.9. The van der Waals surface area contributed by atoms with Crippen LogP contribution in [-0.2, 0) is 6.42 Å². The maximum absolute atomic E-state index is 12.7. The average Bonchev–Trinajstić information content (AvgIpc) is 2.81. The van der Waals surface area contributed by atoms with E-state index in [2.05, 4.69) is 57.6 Å². The summed E-state index contributed by atoms with van der Waals surface area (Å²) in [5.74, 6) is 0.650. The fourth-order valence-electron chi connectivity index (χ4n) is 4.71. The average molecular weight is 438 g/mol. The Bertz CT molecular complexity index is 926. The molecule has 0 spiro atoms. The molecule has 7 heteroatoms. The number of rotatable bonds is 6. The van der Waals surface area contributed by atoms with Crippen molar-refractivity contribution in [3.8, 4) is 5.75 Å². The molecule has 172 valence electrons. The first-order valence-corrected chi connectivity index (χ1v) is 11.5. The summed E-state index contributed by atoms with van der Waals surface area (Å²) < 4.78 is 5.35. The molecular formula is C25H35N5O2. The number of aryl methyl sites for hydroxylation is 1. The van der Waals surface area contributed by atoms with Crippen LogP contribution < -0.4 is 20.3 Å². The normalized spacial score (nSPS) is 18.0. The summed E-state index contributed by atoms with van der Waals surface area (Å²) >= 11 is 0. The van der Waals surface area contributed by atoms with E-state index in [-0.39, 0.29) is 12.1 Å². The van der Waals surface area contributed by atoms with Gasteiger partial charge in [-0.1, -0.05) is 24.3 Å². The fourth-order valence-corrected chi connectivity index (χ4v) is 4.71. The summed E-state index contributed by atoms with van der Waals surface area (Å²) in [5.41, 5.74) is 4.69. The molecule has 0 unspecified atom stereocenters. The van der Waals surface area contributed by atoms with Crippen molar-refractivity contribution in [2.24, 2.45) is 0 Å². The van der Waals surface area contributed by atoms with Crippen molar-refractivity contribution >= 4 is 17.4 Å². The number of carbonyl (C=O) groups is 1. The summed E-state index contributed by atoms with van der Waals surface area (Å²) in [6, 6.07) is 14.2. The lowest BCUT2D eigenvalue weighted by Gasteiger charge is -2.39. The molecule has 2 amide bonds. The second-order valence-electron chi connectivity index (χ2n) is 8.80. The number of hydrogen-bond acceptors (Lipinski definition) is 5. The molecule has 2 heterocycles. The molecule has 0 bridgehead atoms. The largest absolute Gasteiger partial charge is 0.495 e. The Balaban J connectivity index is 1.49. The molecule has 2 aliphatic rings. The number of carbonyl (C=O) groups excluding carboxylic acids is 1. The van der Waals surface area contributed by atoms with Crippen LogP contribution >= 0.6 is 0 Å². The van der Waals surface area contributed by atoms with Gasteiger partial charge in [-0.05, 0) is 49.2 Å². The van der Waals surface area contributed by atoms with Gasteiger partial charge in [0.05, 0.1) is 18.8 Å². The van der Waals surface area contributed by atoms with Gasteiger partial charge in [-0.3, -0.25) is 4.90 Å². The predicted molar refractivity (Wildman–Crippen MR) is 130 cm³/mol. The zero-order valence-electron chi connectivity index (χ0n) is 19.4. The fraction of sp³-hybridized carbons (Fsp3) is 0.480. The van der Waals surface area contributed by atoms with Crippen LogP contribution in [0, 0.1) is 0 Å². The molecule has 7 nitrogen and oxygen atoms in total. The predicted octanol–water partition coefficient (Wildman–Crippen LogP) is 3.19. The maximum Gasteiger partial charge on any atom is 0.319 e. The molecule has 0 aliphatic carbocycles. The van der Waals surface area contributed by atoms with Gasteiger partial charge in [0.25, 0.3) is 0 Å². The highest BCUT2D eigenvalue weighted by molar-refractivity contribution is 5.90. The van der Waals surface area contributed by atoms with Crippen LogP contribution in [0.25, 0.3) is 0 Å². The standard InChI is InChI=1S/C25H35N5O2/c1-28-13-15-30(16-14-28)23(20-10-11-22-19(17-20)7-6-12-29(22)2)18-26-25(31)27-21-8-4-5-9-24(21)32-3/h4-5,8-11,17,23H,6-7,12-16,18H2,1-3H3,(H2,26,27,31)/t23-/m0/s1. The molecule has 2 aromatic rings. The van der Waals surface area contributed by atoms with Crippen molar-refractivity contribution in [3.63, 3.8) is 0 Å². The van der Waals surface area contributed by atoms with E-state index in [1.807, 2.05) is 24.3 Å². The highest BCUT2D eigenvalue weighted by Crippen LogP contribution is 2.31. The van der Waals surface area contributed by atoms with E-state index < -0.39 is 0 Å². The van der Waals surface area contributed by atoms with Gasteiger partial charge in [0, 0.05) is 52.0 Å². The van der Waals surface area contributed by atoms with Crippen molar-refractivity contribution in [3.05, 3.63) is 53.6 Å². The number of para-hydroxylation sites is 2. The molecule has 1 saturated heterocycles. The van der Waals surface area contributed by atoms with E-state index >= 15 is 0 Å². The molecule has 2 N–H and O–H groups in total. The van der Waals surface area contributed by atoms with Crippen LogP contribution in [0.2, 0.25) is 0 Å². The number of nitrogens with one attached hydrogen (secondary N) is 2. The highest BCUT2D eigenvalue weighted by atomic mass is 16.5.